The lowest BCUT2D eigenvalue weighted by Crippen LogP contribution is -2.47. The van der Waals surface area contributed by atoms with Crippen LogP contribution < -0.4 is 9.64 Å². The number of hydrogen-bond acceptors (Lipinski definition) is 8. The van der Waals surface area contributed by atoms with Gasteiger partial charge < -0.3 is 18.8 Å². The smallest absolute Gasteiger partial charge is 0.337 e. The number of aromatic nitrogens is 1. The molecule has 2 aliphatic rings. The second kappa shape index (κ2) is 8.53. The molecule has 4 rings (SSSR count). The predicted molar refractivity (Wildman–Crippen MR) is 105 cm³/mol. The van der Waals surface area contributed by atoms with Gasteiger partial charge in [-0.1, -0.05) is 0 Å². The third kappa shape index (κ3) is 4.51. The Hall–Kier alpha value is -3.05. The molecular formula is C21H24N4O4. The largest absolute Gasteiger partial charge is 0.492 e. The van der Waals surface area contributed by atoms with E-state index in [-0.39, 0.29) is 5.97 Å². The van der Waals surface area contributed by atoms with E-state index in [9.17, 15) is 10.1 Å². The Kier molecular flexibility index (Phi) is 5.67. The fourth-order valence-corrected chi connectivity index (χ4v) is 3.39. The number of esters is 1. The van der Waals surface area contributed by atoms with Crippen molar-refractivity contribution >= 4 is 11.9 Å². The average molecular weight is 396 g/mol. The zero-order chi connectivity index (χ0) is 20.2. The number of methoxy groups -OCH3 is 1. The van der Waals surface area contributed by atoms with Gasteiger partial charge in [0.25, 0.3) is 0 Å². The van der Waals surface area contributed by atoms with Crippen LogP contribution in [0.15, 0.2) is 28.7 Å². The highest BCUT2D eigenvalue weighted by Crippen LogP contribution is 2.41. The standard InChI is InChI=1S/C21H24N4O4/c1-27-21(26)16-4-6-17(7-5-16)28-13-12-24-8-10-25(11-9-24)20-18(14-22)23-19(29-20)15-2-3-15/h4-7,15H,2-3,8-13H2,1H3. The highest BCUT2D eigenvalue weighted by atomic mass is 16.5. The number of carbonyl (C=O) groups excluding carboxylic acids is 1. The number of nitrogens with zero attached hydrogens (tertiary/aromatic N) is 4. The molecule has 2 aromatic rings. The molecule has 8 nitrogen and oxygen atoms in total. The van der Waals surface area contributed by atoms with Gasteiger partial charge in [-0.15, -0.1) is 0 Å². The molecule has 1 aromatic carbocycles. The molecule has 1 saturated heterocycles. The Balaban J connectivity index is 1.23. The van der Waals surface area contributed by atoms with E-state index >= 15 is 0 Å². The SMILES string of the molecule is COC(=O)c1ccc(OCCN2CCN(c3oc(C4CC4)nc3C#N)CC2)cc1. The minimum Gasteiger partial charge on any atom is -0.492 e. The van der Waals surface area contributed by atoms with Gasteiger partial charge in [0.2, 0.25) is 17.5 Å². The van der Waals surface area contributed by atoms with Crippen LogP contribution in [0.25, 0.3) is 0 Å². The molecular weight excluding hydrogens is 372 g/mol. The van der Waals surface area contributed by atoms with E-state index in [0.29, 0.717) is 35.6 Å². The first kappa shape index (κ1) is 19.3. The minimum absolute atomic E-state index is 0.356. The molecule has 2 heterocycles. The van der Waals surface area contributed by atoms with Crippen molar-refractivity contribution < 1.29 is 18.7 Å². The van der Waals surface area contributed by atoms with Crippen LogP contribution in [0.1, 0.15) is 40.7 Å². The van der Waals surface area contributed by atoms with Crippen LogP contribution in [0.2, 0.25) is 0 Å². The maximum atomic E-state index is 11.5. The second-order valence-electron chi connectivity index (χ2n) is 7.29. The van der Waals surface area contributed by atoms with Crippen LogP contribution in [-0.2, 0) is 4.74 Å². The number of benzene rings is 1. The molecule has 0 bridgehead atoms. The van der Waals surface area contributed by atoms with E-state index in [1.165, 1.54) is 7.11 Å². The quantitative estimate of drug-likeness (QED) is 0.659. The van der Waals surface area contributed by atoms with Gasteiger partial charge >= 0.3 is 5.97 Å². The molecule has 0 unspecified atom stereocenters. The summed E-state index contributed by atoms with van der Waals surface area (Å²) in [5, 5.41) is 9.35. The van der Waals surface area contributed by atoms with E-state index in [2.05, 4.69) is 25.6 Å². The number of anilines is 1. The third-order valence-electron chi connectivity index (χ3n) is 5.27. The summed E-state index contributed by atoms with van der Waals surface area (Å²) in [4.78, 5) is 20.2. The summed E-state index contributed by atoms with van der Waals surface area (Å²) >= 11 is 0. The fourth-order valence-electron chi connectivity index (χ4n) is 3.39. The molecule has 29 heavy (non-hydrogen) atoms. The van der Waals surface area contributed by atoms with Crippen molar-refractivity contribution in [2.45, 2.75) is 18.8 Å². The van der Waals surface area contributed by atoms with Gasteiger partial charge in [-0.2, -0.15) is 5.26 Å². The Morgan fingerprint density at radius 2 is 1.97 bits per heavy atom. The van der Waals surface area contributed by atoms with E-state index in [1.54, 1.807) is 24.3 Å². The molecule has 152 valence electrons. The highest BCUT2D eigenvalue weighted by molar-refractivity contribution is 5.89. The van der Waals surface area contributed by atoms with Crippen molar-refractivity contribution in [2.24, 2.45) is 0 Å². The summed E-state index contributed by atoms with van der Waals surface area (Å²) < 4.78 is 16.4. The Morgan fingerprint density at radius 1 is 1.24 bits per heavy atom. The third-order valence-corrected chi connectivity index (χ3v) is 5.27. The summed E-state index contributed by atoms with van der Waals surface area (Å²) in [7, 11) is 1.36. The minimum atomic E-state index is -0.356. The lowest BCUT2D eigenvalue weighted by Gasteiger charge is -2.34. The van der Waals surface area contributed by atoms with E-state index in [1.807, 2.05) is 0 Å². The lowest BCUT2D eigenvalue weighted by atomic mass is 10.2. The number of nitriles is 1. The number of oxazole rings is 1. The average Bonchev–Trinajstić information content (AvgIpc) is 3.53. The van der Waals surface area contributed by atoms with Gasteiger partial charge in [-0.05, 0) is 37.1 Å². The number of carbonyl (C=O) groups is 1. The molecule has 1 aliphatic heterocycles. The summed E-state index contributed by atoms with van der Waals surface area (Å²) in [5.74, 6) is 2.10. The number of hydrogen-bond donors (Lipinski definition) is 0. The van der Waals surface area contributed by atoms with Crippen molar-refractivity contribution in [1.29, 1.82) is 5.26 Å². The predicted octanol–water partition coefficient (Wildman–Crippen LogP) is 2.41. The highest BCUT2D eigenvalue weighted by Gasteiger charge is 2.32. The van der Waals surface area contributed by atoms with Gasteiger partial charge in [0, 0.05) is 38.6 Å². The zero-order valence-electron chi connectivity index (χ0n) is 16.5. The molecule has 8 heteroatoms. The molecule has 0 spiro atoms. The molecule has 0 atom stereocenters. The Morgan fingerprint density at radius 3 is 2.59 bits per heavy atom. The van der Waals surface area contributed by atoms with Crippen molar-refractivity contribution in [1.82, 2.24) is 9.88 Å². The first-order chi connectivity index (χ1) is 14.2. The van der Waals surface area contributed by atoms with E-state index in [4.69, 9.17) is 9.15 Å². The monoisotopic (exact) mass is 396 g/mol. The van der Waals surface area contributed by atoms with Crippen molar-refractivity contribution in [3.63, 3.8) is 0 Å². The van der Waals surface area contributed by atoms with Crippen LogP contribution in [0.5, 0.6) is 5.75 Å². The lowest BCUT2D eigenvalue weighted by molar-refractivity contribution is 0.0600. The first-order valence-electron chi connectivity index (χ1n) is 9.87. The van der Waals surface area contributed by atoms with Gasteiger partial charge in [0.05, 0.1) is 12.7 Å². The van der Waals surface area contributed by atoms with Crippen molar-refractivity contribution in [3.05, 3.63) is 41.4 Å². The number of ether oxygens (including phenoxy) is 2. The van der Waals surface area contributed by atoms with Crippen LogP contribution in [0.3, 0.4) is 0 Å². The zero-order valence-corrected chi connectivity index (χ0v) is 16.5. The number of piperazine rings is 1. The molecule has 1 aromatic heterocycles. The molecule has 1 saturated carbocycles. The summed E-state index contributed by atoms with van der Waals surface area (Å²) in [6, 6.07) is 9.10. The van der Waals surface area contributed by atoms with Crippen LogP contribution in [-0.4, -0.2) is 62.3 Å². The maximum Gasteiger partial charge on any atom is 0.337 e. The normalized spacial score (nSPS) is 17.0. The van der Waals surface area contributed by atoms with Crippen LogP contribution in [0, 0.1) is 11.3 Å². The molecule has 0 radical (unpaired) electrons. The number of rotatable bonds is 7. The summed E-state index contributed by atoms with van der Waals surface area (Å²) in [6.45, 7) is 4.70. The van der Waals surface area contributed by atoms with E-state index < -0.39 is 0 Å². The Labute approximate surface area is 169 Å². The Bertz CT molecular complexity index is 890. The fraction of sp³-hybridized carbons (Fsp3) is 0.476. The van der Waals surface area contributed by atoms with Crippen molar-refractivity contribution in [2.75, 3.05) is 51.3 Å². The molecule has 2 fully saturated rings. The van der Waals surface area contributed by atoms with E-state index in [0.717, 1.165) is 51.3 Å². The molecule has 0 N–H and O–H groups in total. The van der Waals surface area contributed by atoms with Gasteiger partial charge in [-0.25, -0.2) is 9.78 Å². The first-order valence-corrected chi connectivity index (χ1v) is 9.87. The second-order valence-corrected chi connectivity index (χ2v) is 7.29. The molecule has 0 amide bonds. The van der Waals surface area contributed by atoms with Crippen LogP contribution in [0.4, 0.5) is 5.88 Å². The maximum absolute atomic E-state index is 11.5. The summed E-state index contributed by atoms with van der Waals surface area (Å²) in [5.41, 5.74) is 0.907. The van der Waals surface area contributed by atoms with Crippen molar-refractivity contribution in [3.8, 4) is 11.8 Å². The summed E-state index contributed by atoms with van der Waals surface area (Å²) in [6.07, 6.45) is 2.20. The molecule has 1 aliphatic carbocycles. The van der Waals surface area contributed by atoms with Crippen LogP contribution >= 0.6 is 0 Å². The van der Waals surface area contributed by atoms with Gasteiger partial charge in [0.15, 0.2) is 0 Å². The topological polar surface area (TPSA) is 91.8 Å². The van der Waals surface area contributed by atoms with Gasteiger partial charge in [-0.3, -0.25) is 4.90 Å². The van der Waals surface area contributed by atoms with Gasteiger partial charge in [0.1, 0.15) is 18.4 Å².